The molecule has 0 atom stereocenters. The fourth-order valence-electron chi connectivity index (χ4n) is 3.11. The van der Waals surface area contributed by atoms with Crippen LogP contribution < -0.4 is 10.6 Å². The minimum Gasteiger partial charge on any atom is -0.326 e. The first-order valence-electron chi connectivity index (χ1n) is 9.57. The molecule has 0 saturated heterocycles. The molecule has 2 aromatic carbocycles. The maximum Gasteiger partial charge on any atom is 0.276 e. The molecule has 0 saturated carbocycles. The standard InChI is InChI=1S/C23H20N4O2S2/c1-13-4-9-18(14(2)10-13)22-25-20(12-30-22)21(29)27-23-26-19(11-31-23)16-5-7-17(8-6-16)24-15(3)28/h4-12H,1-3H3,(H,24,28)(H,26,27,29). The van der Waals surface area contributed by atoms with E-state index >= 15 is 0 Å². The van der Waals surface area contributed by atoms with Crippen molar-refractivity contribution in [2.45, 2.75) is 20.8 Å². The lowest BCUT2D eigenvalue weighted by molar-refractivity contribution is -0.114. The van der Waals surface area contributed by atoms with E-state index in [0.717, 1.165) is 33.1 Å². The molecule has 2 N–H and O–H groups in total. The van der Waals surface area contributed by atoms with Crippen LogP contribution in [0.1, 0.15) is 28.5 Å². The summed E-state index contributed by atoms with van der Waals surface area (Å²) in [5.74, 6) is -0.400. The molecule has 8 heteroatoms. The Morgan fingerprint density at radius 3 is 2.39 bits per heavy atom. The zero-order chi connectivity index (χ0) is 22.0. The molecule has 6 nitrogen and oxygen atoms in total. The van der Waals surface area contributed by atoms with Crippen LogP contribution in [0.2, 0.25) is 0 Å². The highest BCUT2D eigenvalue weighted by Crippen LogP contribution is 2.29. The lowest BCUT2D eigenvalue weighted by atomic mass is 10.1. The van der Waals surface area contributed by atoms with E-state index in [4.69, 9.17) is 0 Å². The fraction of sp³-hybridized carbons (Fsp3) is 0.130. The number of anilines is 2. The Bertz CT molecular complexity index is 1260. The van der Waals surface area contributed by atoms with Crippen molar-refractivity contribution in [1.29, 1.82) is 0 Å². The van der Waals surface area contributed by atoms with E-state index in [2.05, 4.69) is 33.6 Å². The minimum absolute atomic E-state index is 0.117. The minimum atomic E-state index is -0.283. The summed E-state index contributed by atoms with van der Waals surface area (Å²) in [6.45, 7) is 5.57. The second-order valence-electron chi connectivity index (χ2n) is 7.11. The third-order valence-corrected chi connectivity index (χ3v) is 6.21. The van der Waals surface area contributed by atoms with E-state index in [1.807, 2.05) is 48.7 Å². The molecule has 2 amide bonds. The predicted octanol–water partition coefficient (Wildman–Crippen LogP) is 5.76. The van der Waals surface area contributed by atoms with Gasteiger partial charge in [0.25, 0.3) is 5.91 Å². The first kappa shape index (κ1) is 20.9. The lowest BCUT2D eigenvalue weighted by Gasteiger charge is -2.03. The van der Waals surface area contributed by atoms with Gasteiger partial charge < -0.3 is 5.32 Å². The number of carbonyl (C=O) groups is 2. The van der Waals surface area contributed by atoms with Crippen LogP contribution in [0.25, 0.3) is 21.8 Å². The Kier molecular flexibility index (Phi) is 5.92. The van der Waals surface area contributed by atoms with Crippen LogP contribution in [0.3, 0.4) is 0 Å². The summed E-state index contributed by atoms with van der Waals surface area (Å²) in [5, 5.41) is 10.5. The van der Waals surface area contributed by atoms with Crippen molar-refractivity contribution >= 4 is 45.3 Å². The Morgan fingerprint density at radius 2 is 1.68 bits per heavy atom. The molecule has 0 unspecified atom stereocenters. The summed E-state index contributed by atoms with van der Waals surface area (Å²) in [7, 11) is 0. The van der Waals surface area contributed by atoms with Gasteiger partial charge in [-0.3, -0.25) is 14.9 Å². The molecule has 156 valence electrons. The molecule has 2 aromatic heterocycles. The van der Waals surface area contributed by atoms with Crippen molar-refractivity contribution in [2.75, 3.05) is 10.6 Å². The molecule has 0 aliphatic heterocycles. The average Bonchev–Trinajstić information content (AvgIpc) is 3.38. The van der Waals surface area contributed by atoms with Crippen molar-refractivity contribution in [3.8, 4) is 21.8 Å². The lowest BCUT2D eigenvalue weighted by Crippen LogP contribution is -2.12. The van der Waals surface area contributed by atoms with E-state index in [0.29, 0.717) is 10.8 Å². The van der Waals surface area contributed by atoms with Gasteiger partial charge in [0.1, 0.15) is 10.7 Å². The van der Waals surface area contributed by atoms with Gasteiger partial charge in [-0.05, 0) is 31.5 Å². The third-order valence-electron chi connectivity index (χ3n) is 4.57. The van der Waals surface area contributed by atoms with Crippen molar-refractivity contribution in [3.63, 3.8) is 0 Å². The molecule has 4 rings (SSSR count). The molecule has 31 heavy (non-hydrogen) atoms. The number of hydrogen-bond acceptors (Lipinski definition) is 6. The zero-order valence-corrected chi connectivity index (χ0v) is 18.9. The Hall–Kier alpha value is -3.36. The second-order valence-corrected chi connectivity index (χ2v) is 8.82. The van der Waals surface area contributed by atoms with E-state index < -0.39 is 0 Å². The van der Waals surface area contributed by atoms with E-state index in [1.165, 1.54) is 35.2 Å². The number of rotatable bonds is 5. The van der Waals surface area contributed by atoms with E-state index in [9.17, 15) is 9.59 Å². The normalized spacial score (nSPS) is 10.7. The average molecular weight is 449 g/mol. The van der Waals surface area contributed by atoms with Crippen LogP contribution in [-0.2, 0) is 4.79 Å². The molecular weight excluding hydrogens is 428 g/mol. The quantitative estimate of drug-likeness (QED) is 0.406. The highest BCUT2D eigenvalue weighted by molar-refractivity contribution is 7.14. The van der Waals surface area contributed by atoms with Crippen molar-refractivity contribution in [2.24, 2.45) is 0 Å². The van der Waals surface area contributed by atoms with Gasteiger partial charge in [0.05, 0.1) is 5.69 Å². The van der Waals surface area contributed by atoms with Gasteiger partial charge >= 0.3 is 0 Å². The van der Waals surface area contributed by atoms with Gasteiger partial charge in [0, 0.05) is 34.5 Å². The van der Waals surface area contributed by atoms with Crippen molar-refractivity contribution < 1.29 is 9.59 Å². The molecule has 0 spiro atoms. The first-order chi connectivity index (χ1) is 14.9. The monoisotopic (exact) mass is 448 g/mol. The molecule has 2 heterocycles. The summed E-state index contributed by atoms with van der Waals surface area (Å²) >= 11 is 2.80. The van der Waals surface area contributed by atoms with Crippen LogP contribution in [-0.4, -0.2) is 21.8 Å². The van der Waals surface area contributed by atoms with Gasteiger partial charge in [-0.2, -0.15) is 0 Å². The summed E-state index contributed by atoms with van der Waals surface area (Å²) in [5.41, 5.74) is 6.12. The summed E-state index contributed by atoms with van der Waals surface area (Å²) < 4.78 is 0. The number of benzene rings is 2. The molecule has 0 bridgehead atoms. The van der Waals surface area contributed by atoms with Gasteiger partial charge in [-0.25, -0.2) is 9.97 Å². The van der Waals surface area contributed by atoms with Crippen molar-refractivity contribution in [3.05, 3.63) is 70.0 Å². The van der Waals surface area contributed by atoms with Gasteiger partial charge in [0.2, 0.25) is 5.91 Å². The maximum absolute atomic E-state index is 12.7. The summed E-state index contributed by atoms with van der Waals surface area (Å²) in [4.78, 5) is 32.8. The fourth-order valence-corrected chi connectivity index (χ4v) is 4.71. The topological polar surface area (TPSA) is 84.0 Å². The van der Waals surface area contributed by atoms with Gasteiger partial charge in [-0.15, -0.1) is 22.7 Å². The van der Waals surface area contributed by atoms with Crippen LogP contribution >= 0.6 is 22.7 Å². The molecule has 0 fully saturated rings. The molecule has 0 aliphatic rings. The number of thiazole rings is 2. The number of hydrogen-bond donors (Lipinski definition) is 2. The number of aromatic nitrogens is 2. The predicted molar refractivity (Wildman–Crippen MR) is 127 cm³/mol. The highest BCUT2D eigenvalue weighted by Gasteiger charge is 2.15. The van der Waals surface area contributed by atoms with Crippen molar-refractivity contribution in [1.82, 2.24) is 9.97 Å². The maximum atomic E-state index is 12.7. The number of nitrogens with one attached hydrogen (secondary N) is 2. The molecular formula is C23H20N4O2S2. The van der Waals surface area contributed by atoms with E-state index in [1.54, 1.807) is 5.38 Å². The molecule has 4 aromatic rings. The largest absolute Gasteiger partial charge is 0.326 e. The zero-order valence-electron chi connectivity index (χ0n) is 17.2. The summed E-state index contributed by atoms with van der Waals surface area (Å²) in [6.07, 6.45) is 0. The number of amides is 2. The Labute approximate surface area is 188 Å². The first-order valence-corrected chi connectivity index (χ1v) is 11.3. The van der Waals surface area contributed by atoms with Crippen LogP contribution in [0.15, 0.2) is 53.2 Å². The number of carbonyl (C=O) groups excluding carboxylic acids is 2. The van der Waals surface area contributed by atoms with Crippen LogP contribution in [0.4, 0.5) is 10.8 Å². The van der Waals surface area contributed by atoms with Crippen LogP contribution in [0.5, 0.6) is 0 Å². The second kappa shape index (κ2) is 8.79. The number of aryl methyl sites for hydroxylation is 2. The third kappa shape index (κ3) is 4.87. The smallest absolute Gasteiger partial charge is 0.276 e. The molecule has 0 radical (unpaired) electrons. The Balaban J connectivity index is 1.46. The Morgan fingerprint density at radius 1 is 0.903 bits per heavy atom. The summed E-state index contributed by atoms with van der Waals surface area (Å²) in [6, 6.07) is 13.6. The van der Waals surface area contributed by atoms with E-state index in [-0.39, 0.29) is 11.8 Å². The SMILES string of the molecule is CC(=O)Nc1ccc(-c2csc(NC(=O)c3csc(-c4ccc(C)cc4C)n3)n2)cc1. The highest BCUT2D eigenvalue weighted by atomic mass is 32.1. The van der Waals surface area contributed by atoms with Gasteiger partial charge in [-0.1, -0.05) is 35.9 Å². The van der Waals surface area contributed by atoms with Gasteiger partial charge in [0.15, 0.2) is 5.13 Å². The van der Waals surface area contributed by atoms with Crippen LogP contribution in [0, 0.1) is 13.8 Å². The molecule has 0 aliphatic carbocycles. The number of nitrogens with zero attached hydrogens (tertiary/aromatic N) is 2.